The first kappa shape index (κ1) is 17.2. The van der Waals surface area contributed by atoms with Crippen molar-refractivity contribution in [1.82, 2.24) is 0 Å². The SMILES string of the molecule is C/C1=C\CC(=O)/C(C)=C/CC(O)/C(C)=C/C2C(CC1)C2(C)C. The molecule has 3 atom stereocenters. The molecule has 0 radical (unpaired) electrons. The molecule has 1 N–H and O–H groups in total. The number of aliphatic hydroxyl groups excluding tert-OH is 1. The Hall–Kier alpha value is -1.15. The first-order chi connectivity index (χ1) is 10.2. The molecule has 1 saturated carbocycles. The number of ketones is 1. The Morgan fingerprint density at radius 1 is 1.18 bits per heavy atom. The summed E-state index contributed by atoms with van der Waals surface area (Å²) >= 11 is 0. The molecule has 122 valence electrons. The van der Waals surface area contributed by atoms with Gasteiger partial charge in [0.15, 0.2) is 5.78 Å². The van der Waals surface area contributed by atoms with E-state index in [9.17, 15) is 9.90 Å². The molecule has 0 bridgehead atoms. The highest BCUT2D eigenvalue weighted by Crippen LogP contribution is 2.61. The maximum absolute atomic E-state index is 12.1. The number of hydrogen-bond donors (Lipinski definition) is 1. The number of Topliss-reactive ketones (excluding diaryl/α,β-unsaturated/α-hetero) is 1. The van der Waals surface area contributed by atoms with Crippen LogP contribution in [0.25, 0.3) is 0 Å². The van der Waals surface area contributed by atoms with E-state index < -0.39 is 6.10 Å². The van der Waals surface area contributed by atoms with Gasteiger partial charge in [0.2, 0.25) is 0 Å². The standard InChI is InChI=1S/C20H30O2/c1-13-6-9-16-17(20(16,4)5)12-15(3)19(22)11-8-14(2)18(21)10-7-13/h7-8,12,16-17,19,22H,6,9-11H2,1-5H3/b13-7+,14-8+,15-12+. The summed E-state index contributed by atoms with van der Waals surface area (Å²) in [4.78, 5) is 12.1. The molecule has 0 aliphatic heterocycles. The third kappa shape index (κ3) is 3.78. The highest BCUT2D eigenvalue weighted by atomic mass is 16.3. The third-order valence-electron chi connectivity index (χ3n) is 5.68. The molecule has 0 aromatic carbocycles. The molecule has 2 heteroatoms. The van der Waals surface area contributed by atoms with Crippen molar-refractivity contribution in [1.29, 1.82) is 0 Å². The number of allylic oxidation sites excluding steroid dienone is 4. The zero-order chi connectivity index (χ0) is 16.5. The van der Waals surface area contributed by atoms with Gasteiger partial charge >= 0.3 is 0 Å². The number of rotatable bonds is 0. The van der Waals surface area contributed by atoms with Crippen molar-refractivity contribution in [3.05, 3.63) is 34.9 Å². The number of aliphatic hydroxyl groups is 1. The molecule has 0 aromatic rings. The van der Waals surface area contributed by atoms with Crippen molar-refractivity contribution < 1.29 is 9.90 Å². The van der Waals surface area contributed by atoms with E-state index in [1.165, 1.54) is 12.0 Å². The molecular weight excluding hydrogens is 272 g/mol. The molecular formula is C20H30O2. The quantitative estimate of drug-likeness (QED) is 0.664. The molecule has 0 spiro atoms. The molecule has 0 saturated heterocycles. The van der Waals surface area contributed by atoms with Crippen LogP contribution in [0.5, 0.6) is 0 Å². The highest BCUT2D eigenvalue weighted by Gasteiger charge is 2.55. The zero-order valence-corrected chi connectivity index (χ0v) is 14.6. The maximum atomic E-state index is 12.1. The van der Waals surface area contributed by atoms with Gasteiger partial charge in [-0.25, -0.2) is 0 Å². The summed E-state index contributed by atoms with van der Waals surface area (Å²) < 4.78 is 0. The van der Waals surface area contributed by atoms with Crippen LogP contribution in [0.1, 0.15) is 60.3 Å². The van der Waals surface area contributed by atoms with Gasteiger partial charge in [0.05, 0.1) is 6.10 Å². The summed E-state index contributed by atoms with van der Waals surface area (Å²) in [5.41, 5.74) is 3.46. The Morgan fingerprint density at radius 2 is 1.86 bits per heavy atom. The van der Waals surface area contributed by atoms with Crippen LogP contribution < -0.4 is 0 Å². The predicted molar refractivity (Wildman–Crippen MR) is 91.5 cm³/mol. The van der Waals surface area contributed by atoms with Crippen LogP contribution in [-0.2, 0) is 4.79 Å². The van der Waals surface area contributed by atoms with Gasteiger partial charge in [-0.05, 0) is 68.4 Å². The second-order valence-corrected chi connectivity index (χ2v) is 7.72. The fourth-order valence-electron chi connectivity index (χ4n) is 3.56. The minimum Gasteiger partial charge on any atom is -0.388 e. The van der Waals surface area contributed by atoms with E-state index in [-0.39, 0.29) is 5.78 Å². The Morgan fingerprint density at radius 3 is 2.55 bits per heavy atom. The molecule has 1 fully saturated rings. The number of carbonyl (C=O) groups is 1. The monoisotopic (exact) mass is 302 g/mol. The average molecular weight is 302 g/mol. The van der Waals surface area contributed by atoms with E-state index in [1.54, 1.807) is 0 Å². The number of fused-ring (bicyclic) bond motifs is 1. The average Bonchev–Trinajstić information content (AvgIpc) is 2.98. The van der Waals surface area contributed by atoms with Crippen LogP contribution in [0.3, 0.4) is 0 Å². The second-order valence-electron chi connectivity index (χ2n) is 7.72. The predicted octanol–water partition coefficient (Wildman–Crippen LogP) is 4.60. The van der Waals surface area contributed by atoms with Crippen LogP contribution in [-0.4, -0.2) is 17.0 Å². The van der Waals surface area contributed by atoms with E-state index in [2.05, 4.69) is 32.9 Å². The smallest absolute Gasteiger partial charge is 0.162 e. The van der Waals surface area contributed by atoms with Crippen LogP contribution in [0.15, 0.2) is 34.9 Å². The Labute approximate surface area is 135 Å². The van der Waals surface area contributed by atoms with E-state index in [4.69, 9.17) is 0 Å². The molecule has 2 aliphatic carbocycles. The van der Waals surface area contributed by atoms with Gasteiger partial charge in [0.25, 0.3) is 0 Å². The zero-order valence-electron chi connectivity index (χ0n) is 14.6. The molecule has 3 unspecified atom stereocenters. The summed E-state index contributed by atoms with van der Waals surface area (Å²) in [6.07, 6.45) is 9.00. The largest absolute Gasteiger partial charge is 0.388 e. The molecule has 2 aliphatic rings. The second kappa shape index (κ2) is 6.54. The molecule has 22 heavy (non-hydrogen) atoms. The van der Waals surface area contributed by atoms with Gasteiger partial charge in [-0.2, -0.15) is 0 Å². The molecule has 0 heterocycles. The lowest BCUT2D eigenvalue weighted by molar-refractivity contribution is -0.114. The summed E-state index contributed by atoms with van der Waals surface area (Å²) in [7, 11) is 0. The fraction of sp³-hybridized carbons (Fsp3) is 0.650. The Bertz CT molecular complexity index is 534. The Balaban J connectivity index is 2.23. The summed E-state index contributed by atoms with van der Waals surface area (Å²) in [6, 6.07) is 0. The number of carbonyl (C=O) groups excluding carboxylic acids is 1. The van der Waals surface area contributed by atoms with Crippen LogP contribution in [0, 0.1) is 17.3 Å². The third-order valence-corrected chi connectivity index (χ3v) is 5.68. The fourth-order valence-corrected chi connectivity index (χ4v) is 3.56. The van der Waals surface area contributed by atoms with E-state index in [0.717, 1.165) is 17.6 Å². The number of hydrogen-bond acceptors (Lipinski definition) is 2. The first-order valence-corrected chi connectivity index (χ1v) is 8.45. The van der Waals surface area contributed by atoms with Crippen molar-refractivity contribution in [2.45, 2.75) is 66.4 Å². The van der Waals surface area contributed by atoms with Gasteiger partial charge in [-0.1, -0.05) is 37.6 Å². The summed E-state index contributed by atoms with van der Waals surface area (Å²) in [6.45, 7) is 10.6. The van der Waals surface area contributed by atoms with Crippen LogP contribution in [0.2, 0.25) is 0 Å². The van der Waals surface area contributed by atoms with E-state index in [1.807, 2.05) is 19.9 Å². The van der Waals surface area contributed by atoms with Gasteiger partial charge in [0, 0.05) is 6.42 Å². The van der Waals surface area contributed by atoms with Crippen molar-refractivity contribution in [2.75, 3.05) is 0 Å². The lowest BCUT2D eigenvalue weighted by atomic mass is 10.00. The van der Waals surface area contributed by atoms with Crippen molar-refractivity contribution in [2.24, 2.45) is 17.3 Å². The molecule has 0 amide bonds. The normalized spacial score (nSPS) is 40.2. The maximum Gasteiger partial charge on any atom is 0.162 e. The van der Waals surface area contributed by atoms with E-state index in [0.29, 0.717) is 30.1 Å². The minimum atomic E-state index is -0.472. The van der Waals surface area contributed by atoms with Gasteiger partial charge in [-0.3, -0.25) is 4.79 Å². The molecule has 2 rings (SSSR count). The minimum absolute atomic E-state index is 0.162. The lowest BCUT2D eigenvalue weighted by Crippen LogP contribution is -2.09. The van der Waals surface area contributed by atoms with Gasteiger partial charge in [0.1, 0.15) is 0 Å². The topological polar surface area (TPSA) is 37.3 Å². The first-order valence-electron chi connectivity index (χ1n) is 8.45. The molecule has 0 aromatic heterocycles. The Kier molecular flexibility index (Phi) is 5.11. The van der Waals surface area contributed by atoms with Crippen molar-refractivity contribution in [3.63, 3.8) is 0 Å². The lowest BCUT2D eigenvalue weighted by Gasteiger charge is -2.10. The van der Waals surface area contributed by atoms with E-state index >= 15 is 0 Å². The van der Waals surface area contributed by atoms with Crippen molar-refractivity contribution >= 4 is 5.78 Å². The van der Waals surface area contributed by atoms with Gasteiger partial charge < -0.3 is 5.11 Å². The molecule has 2 nitrogen and oxygen atoms in total. The highest BCUT2D eigenvalue weighted by molar-refractivity contribution is 5.95. The van der Waals surface area contributed by atoms with Crippen LogP contribution in [0.4, 0.5) is 0 Å². The van der Waals surface area contributed by atoms with Crippen LogP contribution >= 0.6 is 0 Å². The summed E-state index contributed by atoms with van der Waals surface area (Å²) in [5, 5.41) is 10.3. The van der Waals surface area contributed by atoms with Gasteiger partial charge in [-0.15, -0.1) is 0 Å². The summed E-state index contributed by atoms with van der Waals surface area (Å²) in [5.74, 6) is 1.42. The van der Waals surface area contributed by atoms with Crippen molar-refractivity contribution in [3.8, 4) is 0 Å².